The van der Waals surface area contributed by atoms with E-state index in [1.807, 2.05) is 41.4 Å². The number of nitriles is 1. The Morgan fingerprint density at radius 2 is 2.00 bits per heavy atom. The van der Waals surface area contributed by atoms with Crippen LogP contribution in [0, 0.1) is 11.3 Å². The number of anilines is 2. The highest BCUT2D eigenvalue weighted by Crippen LogP contribution is 2.31. The van der Waals surface area contributed by atoms with Gasteiger partial charge in [-0.25, -0.2) is 9.97 Å². The molecule has 0 radical (unpaired) electrons. The molecule has 134 valence electrons. The molecule has 2 N–H and O–H groups in total. The van der Waals surface area contributed by atoms with Crippen molar-refractivity contribution in [3.8, 4) is 17.3 Å². The van der Waals surface area contributed by atoms with Gasteiger partial charge in [0, 0.05) is 23.3 Å². The van der Waals surface area contributed by atoms with E-state index in [1.165, 1.54) is 0 Å². The molecule has 0 saturated heterocycles. The quantitative estimate of drug-likeness (QED) is 0.575. The molecule has 1 aliphatic rings. The van der Waals surface area contributed by atoms with Crippen molar-refractivity contribution in [1.29, 1.82) is 5.26 Å². The Balaban J connectivity index is 1.45. The summed E-state index contributed by atoms with van der Waals surface area (Å²) >= 11 is 0. The molecule has 1 aromatic carbocycles. The first-order chi connectivity index (χ1) is 13.8. The lowest BCUT2D eigenvalue weighted by Crippen LogP contribution is -2.35. The molecule has 0 bridgehead atoms. The molecule has 0 amide bonds. The van der Waals surface area contributed by atoms with Crippen LogP contribution < -0.4 is 16.0 Å². The Morgan fingerprint density at radius 1 is 1.04 bits per heavy atom. The van der Waals surface area contributed by atoms with E-state index < -0.39 is 0 Å². The predicted molar refractivity (Wildman–Crippen MR) is 107 cm³/mol. The average Bonchev–Trinajstić information content (AvgIpc) is 3.16. The molecule has 28 heavy (non-hydrogen) atoms. The molecule has 3 aromatic heterocycles. The number of benzene rings is 1. The third-order valence-corrected chi connectivity index (χ3v) is 4.64. The molecule has 0 spiro atoms. The second-order valence-corrected chi connectivity index (χ2v) is 6.46. The molecule has 5 rings (SSSR count). The summed E-state index contributed by atoms with van der Waals surface area (Å²) in [5, 5.41) is 12.0. The van der Waals surface area contributed by atoms with Gasteiger partial charge in [0.05, 0.1) is 23.4 Å². The SMILES string of the molecule is N#Cc1ccc(-c2ccc3c(n2)N(Cc2ccc4ncccc4c2)NN3)cn1. The van der Waals surface area contributed by atoms with E-state index in [4.69, 9.17) is 10.2 Å². The Hall–Kier alpha value is -4.02. The van der Waals surface area contributed by atoms with E-state index in [0.29, 0.717) is 12.2 Å². The van der Waals surface area contributed by atoms with Crippen molar-refractivity contribution in [2.24, 2.45) is 0 Å². The highest BCUT2D eigenvalue weighted by atomic mass is 15.7. The first kappa shape index (κ1) is 16.2. The summed E-state index contributed by atoms with van der Waals surface area (Å²) in [5.41, 5.74) is 11.4. The molecular weight excluding hydrogens is 350 g/mol. The molecule has 4 aromatic rings. The van der Waals surface area contributed by atoms with Crippen LogP contribution in [0.2, 0.25) is 0 Å². The lowest BCUT2D eigenvalue weighted by atomic mass is 10.1. The Morgan fingerprint density at radius 3 is 2.86 bits per heavy atom. The van der Waals surface area contributed by atoms with Crippen molar-refractivity contribution in [1.82, 2.24) is 20.5 Å². The number of rotatable bonds is 3. The topological polar surface area (TPSA) is 89.8 Å². The van der Waals surface area contributed by atoms with E-state index in [9.17, 15) is 0 Å². The normalized spacial score (nSPS) is 12.5. The fourth-order valence-electron chi connectivity index (χ4n) is 3.23. The molecular formula is C21H15N7. The smallest absolute Gasteiger partial charge is 0.170 e. The first-order valence-corrected chi connectivity index (χ1v) is 8.80. The Bertz CT molecular complexity index is 1210. The minimum atomic E-state index is 0.390. The number of hydrazine groups is 2. The van der Waals surface area contributed by atoms with Crippen molar-refractivity contribution in [3.63, 3.8) is 0 Å². The Labute approximate surface area is 161 Å². The largest absolute Gasteiger partial charge is 0.300 e. The van der Waals surface area contributed by atoms with E-state index in [2.05, 4.69) is 39.1 Å². The third-order valence-electron chi connectivity index (χ3n) is 4.64. The average molecular weight is 365 g/mol. The fraction of sp³-hybridized carbons (Fsp3) is 0.0476. The first-order valence-electron chi connectivity index (χ1n) is 8.80. The van der Waals surface area contributed by atoms with Crippen LogP contribution in [-0.2, 0) is 6.54 Å². The van der Waals surface area contributed by atoms with Crippen molar-refractivity contribution >= 4 is 22.4 Å². The molecule has 0 saturated carbocycles. The summed E-state index contributed by atoms with van der Waals surface area (Å²) in [6.07, 6.45) is 3.47. The van der Waals surface area contributed by atoms with Crippen molar-refractivity contribution in [3.05, 3.63) is 78.2 Å². The number of fused-ring (bicyclic) bond motifs is 2. The molecule has 0 unspecified atom stereocenters. The second-order valence-electron chi connectivity index (χ2n) is 6.46. The standard InChI is InChI=1S/C21H15N7/c22-11-17-5-4-16(12-24-17)19-7-8-20-21(25-19)28(27-26-20)13-14-3-6-18-15(10-14)2-1-9-23-18/h1-10,12,26-27H,13H2. The lowest BCUT2D eigenvalue weighted by Gasteiger charge is -2.17. The Kier molecular flexibility index (Phi) is 3.82. The maximum Gasteiger partial charge on any atom is 0.170 e. The zero-order valence-electron chi connectivity index (χ0n) is 14.8. The van der Waals surface area contributed by atoms with Crippen LogP contribution in [0.15, 0.2) is 67.0 Å². The van der Waals surface area contributed by atoms with Crippen LogP contribution in [0.5, 0.6) is 0 Å². The van der Waals surface area contributed by atoms with Gasteiger partial charge in [-0.15, -0.1) is 5.53 Å². The summed E-state index contributed by atoms with van der Waals surface area (Å²) < 4.78 is 0. The van der Waals surface area contributed by atoms with E-state index >= 15 is 0 Å². The number of nitrogens with zero attached hydrogens (tertiary/aromatic N) is 5. The number of aromatic nitrogens is 3. The van der Waals surface area contributed by atoms with Gasteiger partial charge in [-0.3, -0.25) is 9.99 Å². The van der Waals surface area contributed by atoms with Gasteiger partial charge in [0.25, 0.3) is 0 Å². The zero-order chi connectivity index (χ0) is 18.9. The maximum atomic E-state index is 8.91. The number of hydrogen-bond donors (Lipinski definition) is 2. The summed E-state index contributed by atoms with van der Waals surface area (Å²) in [6.45, 7) is 0.646. The number of nitrogens with one attached hydrogen (secondary N) is 2. The molecule has 0 atom stereocenters. The van der Waals surface area contributed by atoms with Gasteiger partial charge < -0.3 is 5.43 Å². The molecule has 1 aliphatic heterocycles. The van der Waals surface area contributed by atoms with Gasteiger partial charge in [0.2, 0.25) is 0 Å². The molecule has 0 fully saturated rings. The minimum Gasteiger partial charge on any atom is -0.300 e. The summed E-state index contributed by atoms with van der Waals surface area (Å²) in [6, 6.07) is 19.7. The van der Waals surface area contributed by atoms with Crippen LogP contribution in [0.25, 0.3) is 22.2 Å². The molecule has 7 heteroatoms. The van der Waals surface area contributed by atoms with Crippen LogP contribution in [-0.4, -0.2) is 15.0 Å². The second kappa shape index (κ2) is 6.61. The van der Waals surface area contributed by atoms with Gasteiger partial charge in [-0.2, -0.15) is 5.26 Å². The van der Waals surface area contributed by atoms with Crippen LogP contribution in [0.1, 0.15) is 11.3 Å². The summed E-state index contributed by atoms with van der Waals surface area (Å²) in [7, 11) is 0. The number of hydrogen-bond acceptors (Lipinski definition) is 7. The fourth-order valence-corrected chi connectivity index (χ4v) is 3.23. The van der Waals surface area contributed by atoms with Gasteiger partial charge in [-0.1, -0.05) is 12.1 Å². The van der Waals surface area contributed by atoms with Crippen molar-refractivity contribution < 1.29 is 0 Å². The molecule has 4 heterocycles. The van der Waals surface area contributed by atoms with Gasteiger partial charge >= 0.3 is 0 Å². The number of pyridine rings is 3. The van der Waals surface area contributed by atoms with Crippen LogP contribution in [0.3, 0.4) is 0 Å². The van der Waals surface area contributed by atoms with Gasteiger partial charge in [0.1, 0.15) is 11.8 Å². The molecule has 0 aliphatic carbocycles. The minimum absolute atomic E-state index is 0.390. The van der Waals surface area contributed by atoms with E-state index in [1.54, 1.807) is 18.5 Å². The third kappa shape index (κ3) is 2.88. The van der Waals surface area contributed by atoms with Crippen LogP contribution in [0.4, 0.5) is 11.5 Å². The van der Waals surface area contributed by atoms with Crippen molar-refractivity contribution in [2.75, 3.05) is 10.4 Å². The highest BCUT2D eigenvalue weighted by molar-refractivity contribution is 5.79. The van der Waals surface area contributed by atoms with Crippen LogP contribution >= 0.6 is 0 Å². The monoisotopic (exact) mass is 365 g/mol. The highest BCUT2D eigenvalue weighted by Gasteiger charge is 2.21. The van der Waals surface area contributed by atoms with Crippen molar-refractivity contribution in [2.45, 2.75) is 6.54 Å². The lowest BCUT2D eigenvalue weighted by molar-refractivity contribution is 0.718. The van der Waals surface area contributed by atoms with E-state index in [-0.39, 0.29) is 0 Å². The van der Waals surface area contributed by atoms with E-state index in [0.717, 1.165) is 39.2 Å². The van der Waals surface area contributed by atoms with Gasteiger partial charge in [0.15, 0.2) is 5.82 Å². The molecule has 7 nitrogen and oxygen atoms in total. The summed E-state index contributed by atoms with van der Waals surface area (Å²) in [4.78, 5) is 13.3. The maximum absolute atomic E-state index is 8.91. The predicted octanol–water partition coefficient (Wildman–Crippen LogP) is 3.42. The summed E-state index contributed by atoms with van der Waals surface area (Å²) in [5.74, 6) is 0.813. The zero-order valence-corrected chi connectivity index (χ0v) is 14.8. The van der Waals surface area contributed by atoms with Gasteiger partial charge in [-0.05, 0) is 48.0 Å².